The van der Waals surface area contributed by atoms with Crippen molar-refractivity contribution in [3.63, 3.8) is 0 Å². The first-order valence-corrected chi connectivity index (χ1v) is 9.72. The van der Waals surface area contributed by atoms with Gasteiger partial charge in [0.25, 0.3) is 0 Å². The maximum absolute atomic E-state index is 13.2. The van der Waals surface area contributed by atoms with Crippen LogP contribution in [0.4, 0.5) is 18.9 Å². The highest BCUT2D eigenvalue weighted by atomic mass is 19.4. The van der Waals surface area contributed by atoms with Crippen LogP contribution in [0.15, 0.2) is 78.0 Å². The lowest BCUT2D eigenvalue weighted by molar-refractivity contribution is -0.138. The van der Waals surface area contributed by atoms with E-state index >= 15 is 0 Å². The number of alkyl halides is 3. The second kappa shape index (κ2) is 6.97. The summed E-state index contributed by atoms with van der Waals surface area (Å²) in [4.78, 5) is 26.9. The molecule has 1 unspecified atom stereocenters. The molecule has 156 valence electrons. The van der Waals surface area contributed by atoms with E-state index in [0.29, 0.717) is 11.3 Å². The molecule has 3 aromatic rings. The SMILES string of the molecule is O=C1OCC2=C1C(c1ccc3ccccc3c1)CC(=O)N2c1cccc(C(F)(F)F)c1. The average Bonchev–Trinajstić information content (AvgIpc) is 3.13. The number of nitrogens with zero attached hydrogens (tertiary/aromatic N) is 1. The Morgan fingerprint density at radius 2 is 1.68 bits per heavy atom. The van der Waals surface area contributed by atoms with Gasteiger partial charge in [0.1, 0.15) is 6.61 Å². The third-order valence-corrected chi connectivity index (χ3v) is 5.72. The van der Waals surface area contributed by atoms with Gasteiger partial charge in [-0.2, -0.15) is 13.2 Å². The van der Waals surface area contributed by atoms with Crippen molar-refractivity contribution < 1.29 is 27.5 Å². The molecule has 2 aliphatic heterocycles. The zero-order chi connectivity index (χ0) is 21.8. The predicted octanol–water partition coefficient (Wildman–Crippen LogP) is 5.19. The lowest BCUT2D eigenvalue weighted by Crippen LogP contribution is -2.37. The van der Waals surface area contributed by atoms with E-state index < -0.39 is 23.6 Å². The summed E-state index contributed by atoms with van der Waals surface area (Å²) in [5.74, 6) is -1.43. The molecule has 1 amide bonds. The van der Waals surface area contributed by atoms with E-state index in [-0.39, 0.29) is 24.6 Å². The fourth-order valence-electron chi connectivity index (χ4n) is 4.28. The molecule has 0 aliphatic carbocycles. The maximum atomic E-state index is 13.2. The molecule has 2 heterocycles. The summed E-state index contributed by atoms with van der Waals surface area (Å²) in [6.07, 6.45) is -4.58. The second-order valence-electron chi connectivity index (χ2n) is 7.58. The van der Waals surface area contributed by atoms with Crippen LogP contribution in [0.2, 0.25) is 0 Å². The second-order valence-corrected chi connectivity index (χ2v) is 7.58. The summed E-state index contributed by atoms with van der Waals surface area (Å²) in [6.45, 7) is -0.153. The molecule has 0 N–H and O–H groups in total. The largest absolute Gasteiger partial charge is 0.456 e. The van der Waals surface area contributed by atoms with Gasteiger partial charge in [0.05, 0.1) is 16.8 Å². The zero-order valence-corrected chi connectivity index (χ0v) is 16.1. The third-order valence-electron chi connectivity index (χ3n) is 5.72. The molecule has 7 heteroatoms. The number of esters is 1. The Morgan fingerprint density at radius 3 is 2.45 bits per heavy atom. The number of halogens is 3. The monoisotopic (exact) mass is 423 g/mol. The van der Waals surface area contributed by atoms with Crippen molar-refractivity contribution in [1.29, 1.82) is 0 Å². The number of hydrogen-bond donors (Lipinski definition) is 0. The Labute approximate surface area is 175 Å². The molecular formula is C24H16F3NO3. The third kappa shape index (κ3) is 3.26. The van der Waals surface area contributed by atoms with E-state index in [4.69, 9.17) is 4.74 Å². The smallest absolute Gasteiger partial charge is 0.416 e. The van der Waals surface area contributed by atoms with Crippen molar-refractivity contribution in [2.75, 3.05) is 11.5 Å². The van der Waals surface area contributed by atoms with E-state index in [0.717, 1.165) is 28.5 Å². The number of cyclic esters (lactones) is 1. The molecule has 5 rings (SSSR count). The van der Waals surface area contributed by atoms with Gasteiger partial charge in [-0.3, -0.25) is 9.69 Å². The first-order valence-electron chi connectivity index (χ1n) is 9.72. The molecule has 3 aromatic carbocycles. The minimum absolute atomic E-state index is 0.0392. The molecule has 0 aromatic heterocycles. The number of fused-ring (bicyclic) bond motifs is 1. The molecular weight excluding hydrogens is 407 g/mol. The van der Waals surface area contributed by atoms with E-state index in [1.807, 2.05) is 42.5 Å². The normalized spacial score (nSPS) is 19.1. The van der Waals surface area contributed by atoms with Crippen LogP contribution in [0.5, 0.6) is 0 Å². The highest BCUT2D eigenvalue weighted by Crippen LogP contribution is 2.43. The fourth-order valence-corrected chi connectivity index (χ4v) is 4.28. The number of carbonyl (C=O) groups excluding carboxylic acids is 2. The van der Waals surface area contributed by atoms with Crippen molar-refractivity contribution in [2.45, 2.75) is 18.5 Å². The van der Waals surface area contributed by atoms with Gasteiger partial charge >= 0.3 is 12.1 Å². The summed E-state index contributed by atoms with van der Waals surface area (Å²) in [5.41, 5.74) is 0.637. The van der Waals surface area contributed by atoms with E-state index in [9.17, 15) is 22.8 Å². The molecule has 0 saturated heterocycles. The zero-order valence-electron chi connectivity index (χ0n) is 16.1. The molecule has 0 saturated carbocycles. The number of amides is 1. The molecule has 0 fully saturated rings. The molecule has 4 nitrogen and oxygen atoms in total. The van der Waals surface area contributed by atoms with Crippen LogP contribution < -0.4 is 4.90 Å². The highest BCUT2D eigenvalue weighted by molar-refractivity contribution is 6.06. The highest BCUT2D eigenvalue weighted by Gasteiger charge is 2.43. The number of anilines is 1. The van der Waals surface area contributed by atoms with Crippen molar-refractivity contribution >= 4 is 28.3 Å². The Hall–Kier alpha value is -3.61. The number of ether oxygens (including phenoxy) is 1. The van der Waals surface area contributed by atoms with Crippen LogP contribution >= 0.6 is 0 Å². The summed E-state index contributed by atoms with van der Waals surface area (Å²) in [6, 6.07) is 18.0. The minimum Gasteiger partial charge on any atom is -0.456 e. The molecule has 0 radical (unpaired) electrons. The lowest BCUT2D eigenvalue weighted by atomic mass is 9.83. The van der Waals surface area contributed by atoms with Gasteiger partial charge in [-0.15, -0.1) is 0 Å². The minimum atomic E-state index is -4.54. The molecule has 31 heavy (non-hydrogen) atoms. The van der Waals surface area contributed by atoms with Gasteiger partial charge in [-0.05, 0) is 34.5 Å². The Balaban J connectivity index is 1.61. The van der Waals surface area contributed by atoms with Gasteiger partial charge in [0, 0.05) is 18.0 Å². The van der Waals surface area contributed by atoms with Gasteiger partial charge in [0.15, 0.2) is 0 Å². The van der Waals surface area contributed by atoms with Crippen molar-refractivity contribution in [2.24, 2.45) is 0 Å². The van der Waals surface area contributed by atoms with Gasteiger partial charge in [-0.25, -0.2) is 4.79 Å². The standard InChI is InChI=1S/C24H16F3NO3/c25-24(26,27)17-6-3-7-18(11-17)28-20-13-31-23(30)22(20)19(12-21(28)29)16-9-8-14-4-1-2-5-15(14)10-16/h1-11,19H,12-13H2. The van der Waals surface area contributed by atoms with Crippen molar-refractivity contribution in [3.05, 3.63) is 89.1 Å². The first-order chi connectivity index (χ1) is 14.8. The summed E-state index contributed by atoms with van der Waals surface area (Å²) < 4.78 is 44.7. The topological polar surface area (TPSA) is 46.6 Å². The van der Waals surface area contributed by atoms with Crippen LogP contribution in [0, 0.1) is 0 Å². The maximum Gasteiger partial charge on any atom is 0.416 e. The van der Waals surface area contributed by atoms with E-state index in [2.05, 4.69) is 0 Å². The quantitative estimate of drug-likeness (QED) is 0.533. The number of rotatable bonds is 2. The molecule has 1 atom stereocenters. The van der Waals surface area contributed by atoms with Crippen LogP contribution in [0.25, 0.3) is 10.8 Å². The Kier molecular flexibility index (Phi) is 4.36. The van der Waals surface area contributed by atoms with E-state index in [1.54, 1.807) is 0 Å². The number of carbonyl (C=O) groups is 2. The number of benzene rings is 3. The number of hydrogen-bond acceptors (Lipinski definition) is 3. The van der Waals surface area contributed by atoms with Crippen LogP contribution in [0.3, 0.4) is 0 Å². The van der Waals surface area contributed by atoms with Gasteiger partial charge < -0.3 is 4.74 Å². The fraction of sp³-hybridized carbons (Fsp3) is 0.167. The van der Waals surface area contributed by atoms with E-state index in [1.165, 1.54) is 17.0 Å². The molecule has 0 spiro atoms. The van der Waals surface area contributed by atoms with Crippen LogP contribution in [-0.2, 0) is 20.5 Å². The first kappa shape index (κ1) is 19.4. The summed E-state index contributed by atoms with van der Waals surface area (Å²) in [7, 11) is 0. The predicted molar refractivity (Wildman–Crippen MR) is 108 cm³/mol. The molecule has 0 bridgehead atoms. The Bertz CT molecular complexity index is 1260. The Morgan fingerprint density at radius 1 is 0.903 bits per heavy atom. The molecule has 2 aliphatic rings. The van der Waals surface area contributed by atoms with Crippen molar-refractivity contribution in [1.82, 2.24) is 0 Å². The average molecular weight is 423 g/mol. The van der Waals surface area contributed by atoms with Crippen LogP contribution in [0.1, 0.15) is 23.5 Å². The summed E-state index contributed by atoms with van der Waals surface area (Å²) >= 11 is 0. The van der Waals surface area contributed by atoms with Crippen LogP contribution in [-0.4, -0.2) is 18.5 Å². The van der Waals surface area contributed by atoms with Gasteiger partial charge in [0.2, 0.25) is 5.91 Å². The van der Waals surface area contributed by atoms with Crippen molar-refractivity contribution in [3.8, 4) is 0 Å². The van der Waals surface area contributed by atoms with Gasteiger partial charge in [-0.1, -0.05) is 48.5 Å². The summed E-state index contributed by atoms with van der Waals surface area (Å²) in [5, 5.41) is 2.00. The lowest BCUT2D eigenvalue weighted by Gasteiger charge is -2.32.